The Kier molecular flexibility index (Phi) is 3.42. The highest BCUT2D eigenvalue weighted by atomic mass is 35.5. The van der Waals surface area contributed by atoms with Crippen molar-refractivity contribution in [3.05, 3.63) is 22.7 Å². The molecule has 3 heterocycles. The van der Waals surface area contributed by atoms with Gasteiger partial charge in [0.15, 0.2) is 11.5 Å². The SMILES string of the molecule is O=C(c1cc(Cl)c2c(c1)OCO2)N1CCC2(CCNC2)CC1. The molecular weight excluding hydrogens is 304 g/mol. The van der Waals surface area contributed by atoms with Crippen LogP contribution in [0.5, 0.6) is 11.5 Å². The summed E-state index contributed by atoms with van der Waals surface area (Å²) in [6.07, 6.45) is 3.37. The van der Waals surface area contributed by atoms with E-state index in [4.69, 9.17) is 21.1 Å². The summed E-state index contributed by atoms with van der Waals surface area (Å²) in [5.74, 6) is 1.12. The molecule has 3 aliphatic rings. The van der Waals surface area contributed by atoms with Crippen molar-refractivity contribution in [2.45, 2.75) is 19.3 Å². The van der Waals surface area contributed by atoms with E-state index < -0.39 is 0 Å². The number of nitrogens with one attached hydrogen (secondary N) is 1. The third kappa shape index (κ3) is 2.32. The summed E-state index contributed by atoms with van der Waals surface area (Å²) in [4.78, 5) is 14.6. The highest BCUT2D eigenvalue weighted by Crippen LogP contribution is 2.41. The molecule has 1 spiro atoms. The lowest BCUT2D eigenvalue weighted by molar-refractivity contribution is 0.0607. The fourth-order valence-electron chi connectivity index (χ4n) is 3.68. The van der Waals surface area contributed by atoms with Gasteiger partial charge < -0.3 is 19.7 Å². The van der Waals surface area contributed by atoms with Gasteiger partial charge in [0.05, 0.1) is 5.02 Å². The first kappa shape index (κ1) is 14.2. The maximum atomic E-state index is 12.7. The Hall–Kier alpha value is -1.46. The quantitative estimate of drug-likeness (QED) is 0.862. The Morgan fingerprint density at radius 1 is 1.23 bits per heavy atom. The molecule has 2 fully saturated rings. The minimum Gasteiger partial charge on any atom is -0.454 e. The summed E-state index contributed by atoms with van der Waals surface area (Å²) in [6, 6.07) is 3.41. The van der Waals surface area contributed by atoms with Gasteiger partial charge in [-0.1, -0.05) is 11.6 Å². The number of likely N-dealkylation sites (tertiary alicyclic amines) is 1. The van der Waals surface area contributed by atoms with Gasteiger partial charge in [0, 0.05) is 25.2 Å². The average Bonchev–Trinajstić information content (AvgIpc) is 3.17. The van der Waals surface area contributed by atoms with E-state index in [9.17, 15) is 4.79 Å². The lowest BCUT2D eigenvalue weighted by atomic mass is 9.78. The van der Waals surface area contributed by atoms with Crippen molar-refractivity contribution in [1.82, 2.24) is 10.2 Å². The van der Waals surface area contributed by atoms with E-state index in [2.05, 4.69) is 5.32 Å². The van der Waals surface area contributed by atoms with Gasteiger partial charge in [-0.2, -0.15) is 0 Å². The monoisotopic (exact) mass is 322 g/mol. The molecule has 0 aliphatic carbocycles. The molecule has 4 rings (SSSR count). The Labute approximate surface area is 134 Å². The number of amides is 1. The number of piperidine rings is 1. The third-order valence-corrected chi connectivity index (χ3v) is 5.40. The van der Waals surface area contributed by atoms with Gasteiger partial charge in [-0.05, 0) is 43.4 Å². The molecule has 118 valence electrons. The first-order valence-electron chi connectivity index (χ1n) is 7.76. The fourth-order valence-corrected chi connectivity index (χ4v) is 3.95. The van der Waals surface area contributed by atoms with Crippen molar-refractivity contribution in [3.63, 3.8) is 0 Å². The van der Waals surface area contributed by atoms with Crippen LogP contribution < -0.4 is 14.8 Å². The molecule has 3 aliphatic heterocycles. The molecule has 1 aromatic carbocycles. The summed E-state index contributed by atoms with van der Waals surface area (Å²) >= 11 is 6.17. The number of hydrogen-bond donors (Lipinski definition) is 1. The molecule has 0 saturated carbocycles. The first-order chi connectivity index (χ1) is 10.7. The summed E-state index contributed by atoms with van der Waals surface area (Å²) in [7, 11) is 0. The predicted molar refractivity (Wildman–Crippen MR) is 82.6 cm³/mol. The van der Waals surface area contributed by atoms with Crippen LogP contribution in [0.2, 0.25) is 5.02 Å². The molecule has 5 nitrogen and oxygen atoms in total. The summed E-state index contributed by atoms with van der Waals surface area (Å²) in [6.45, 7) is 3.97. The highest BCUT2D eigenvalue weighted by molar-refractivity contribution is 6.32. The fraction of sp³-hybridized carbons (Fsp3) is 0.562. The zero-order valence-corrected chi connectivity index (χ0v) is 13.1. The number of fused-ring (bicyclic) bond motifs is 1. The molecule has 0 bridgehead atoms. The van der Waals surface area contributed by atoms with Crippen molar-refractivity contribution in [2.75, 3.05) is 33.0 Å². The van der Waals surface area contributed by atoms with Crippen molar-refractivity contribution >= 4 is 17.5 Å². The van der Waals surface area contributed by atoms with Gasteiger partial charge in [-0.25, -0.2) is 0 Å². The molecule has 2 saturated heterocycles. The zero-order chi connectivity index (χ0) is 15.2. The van der Waals surface area contributed by atoms with E-state index in [1.807, 2.05) is 4.90 Å². The average molecular weight is 323 g/mol. The highest BCUT2D eigenvalue weighted by Gasteiger charge is 2.38. The van der Waals surface area contributed by atoms with Crippen LogP contribution >= 0.6 is 11.6 Å². The largest absolute Gasteiger partial charge is 0.454 e. The Morgan fingerprint density at radius 3 is 2.77 bits per heavy atom. The number of halogens is 1. The molecule has 0 atom stereocenters. The van der Waals surface area contributed by atoms with Gasteiger partial charge in [0.1, 0.15) is 0 Å². The van der Waals surface area contributed by atoms with Crippen molar-refractivity contribution < 1.29 is 14.3 Å². The van der Waals surface area contributed by atoms with Crippen LogP contribution in [0.1, 0.15) is 29.6 Å². The van der Waals surface area contributed by atoms with Crippen LogP contribution in [0, 0.1) is 5.41 Å². The molecule has 0 radical (unpaired) electrons. The molecule has 0 aromatic heterocycles. The maximum absolute atomic E-state index is 12.7. The zero-order valence-electron chi connectivity index (χ0n) is 12.4. The molecule has 0 unspecified atom stereocenters. The number of hydrogen-bond acceptors (Lipinski definition) is 4. The standard InChI is InChI=1S/C16H19ClN2O3/c17-12-7-11(8-13-14(12)22-10-21-13)15(20)19-5-2-16(3-6-19)1-4-18-9-16/h7-8,18H,1-6,9-10H2. The third-order valence-electron chi connectivity index (χ3n) is 5.12. The number of nitrogens with zero attached hydrogens (tertiary/aromatic N) is 1. The number of carbonyl (C=O) groups excluding carboxylic acids is 1. The van der Waals surface area contributed by atoms with Gasteiger partial charge in [-0.15, -0.1) is 0 Å². The van der Waals surface area contributed by atoms with E-state index in [0.717, 1.165) is 39.0 Å². The second kappa shape index (κ2) is 5.32. The number of benzene rings is 1. The molecule has 6 heteroatoms. The van der Waals surface area contributed by atoms with Gasteiger partial charge in [0.2, 0.25) is 6.79 Å². The number of ether oxygens (including phenoxy) is 2. The number of rotatable bonds is 1. The summed E-state index contributed by atoms with van der Waals surface area (Å²) in [5, 5.41) is 3.88. The minimum atomic E-state index is 0.0287. The van der Waals surface area contributed by atoms with Crippen LogP contribution in [-0.2, 0) is 0 Å². The normalized spacial score (nSPS) is 22.3. The van der Waals surface area contributed by atoms with E-state index in [1.165, 1.54) is 6.42 Å². The van der Waals surface area contributed by atoms with Crippen LogP contribution in [-0.4, -0.2) is 43.8 Å². The van der Waals surface area contributed by atoms with Crippen LogP contribution in [0.25, 0.3) is 0 Å². The topological polar surface area (TPSA) is 50.8 Å². The van der Waals surface area contributed by atoms with Crippen LogP contribution in [0.4, 0.5) is 0 Å². The Bertz CT molecular complexity index is 604. The van der Waals surface area contributed by atoms with Crippen LogP contribution in [0.3, 0.4) is 0 Å². The second-order valence-corrected chi connectivity index (χ2v) is 6.82. The predicted octanol–water partition coefficient (Wildman–Crippen LogP) is 2.28. The second-order valence-electron chi connectivity index (χ2n) is 6.41. The Balaban J connectivity index is 1.50. The molecule has 1 aromatic rings. The van der Waals surface area contributed by atoms with E-state index in [1.54, 1.807) is 12.1 Å². The molecular formula is C16H19ClN2O3. The Morgan fingerprint density at radius 2 is 2.05 bits per heavy atom. The molecule has 1 amide bonds. The smallest absolute Gasteiger partial charge is 0.254 e. The van der Waals surface area contributed by atoms with Crippen molar-refractivity contribution in [2.24, 2.45) is 5.41 Å². The van der Waals surface area contributed by atoms with Gasteiger partial charge in [0.25, 0.3) is 5.91 Å². The van der Waals surface area contributed by atoms with Crippen LogP contribution in [0.15, 0.2) is 12.1 Å². The van der Waals surface area contributed by atoms with Crippen molar-refractivity contribution in [1.29, 1.82) is 0 Å². The lowest BCUT2D eigenvalue weighted by Crippen LogP contribution is -2.44. The van der Waals surface area contributed by atoms with E-state index in [-0.39, 0.29) is 12.7 Å². The molecule has 22 heavy (non-hydrogen) atoms. The minimum absolute atomic E-state index is 0.0287. The maximum Gasteiger partial charge on any atom is 0.254 e. The number of carbonyl (C=O) groups is 1. The molecule has 1 N–H and O–H groups in total. The summed E-state index contributed by atoms with van der Waals surface area (Å²) < 4.78 is 10.6. The van der Waals surface area contributed by atoms with E-state index >= 15 is 0 Å². The lowest BCUT2D eigenvalue weighted by Gasteiger charge is -2.38. The summed E-state index contributed by atoms with van der Waals surface area (Å²) in [5.41, 5.74) is 0.985. The van der Waals surface area contributed by atoms with Gasteiger partial charge in [-0.3, -0.25) is 4.79 Å². The van der Waals surface area contributed by atoms with E-state index in [0.29, 0.717) is 27.5 Å². The van der Waals surface area contributed by atoms with Gasteiger partial charge >= 0.3 is 0 Å². The van der Waals surface area contributed by atoms with Crippen molar-refractivity contribution in [3.8, 4) is 11.5 Å². The first-order valence-corrected chi connectivity index (χ1v) is 8.14.